The first-order valence-electron chi connectivity index (χ1n) is 12.8. The number of amides is 1. The number of nitriles is 1. The molecule has 192 valence electrons. The van der Waals surface area contributed by atoms with Crippen LogP contribution >= 0.6 is 0 Å². The summed E-state index contributed by atoms with van der Waals surface area (Å²) in [5.74, 6) is 0.00374. The topological polar surface area (TPSA) is 94.4 Å². The number of methoxy groups -OCH3 is 1. The van der Waals surface area contributed by atoms with Crippen LogP contribution in [0.15, 0.2) is 78.9 Å². The van der Waals surface area contributed by atoms with Crippen LogP contribution in [0.2, 0.25) is 0 Å². The Bertz CT molecular complexity index is 1440. The Hall–Kier alpha value is -4.64. The zero-order valence-corrected chi connectivity index (χ0v) is 21.4. The van der Waals surface area contributed by atoms with E-state index in [4.69, 9.17) is 14.7 Å². The van der Waals surface area contributed by atoms with E-state index in [0.29, 0.717) is 43.1 Å². The Morgan fingerprint density at radius 1 is 0.921 bits per heavy atom. The van der Waals surface area contributed by atoms with E-state index < -0.39 is 5.92 Å². The average molecular weight is 507 g/mol. The number of hydrogen-bond acceptors (Lipinski definition) is 7. The molecule has 0 aliphatic carbocycles. The highest BCUT2D eigenvalue weighted by atomic mass is 16.5. The second kappa shape index (κ2) is 11.6. The molecule has 0 radical (unpaired) electrons. The molecule has 0 unspecified atom stereocenters. The molecule has 1 atom stereocenters. The van der Waals surface area contributed by atoms with E-state index >= 15 is 0 Å². The van der Waals surface area contributed by atoms with Crippen LogP contribution in [0.5, 0.6) is 5.75 Å². The second-order valence-corrected chi connectivity index (χ2v) is 9.16. The monoisotopic (exact) mass is 506 g/mol. The van der Waals surface area contributed by atoms with Gasteiger partial charge in [0, 0.05) is 32.7 Å². The molecule has 1 N–H and O–H groups in total. The van der Waals surface area contributed by atoms with Gasteiger partial charge in [-0.05, 0) is 36.2 Å². The van der Waals surface area contributed by atoms with Crippen molar-refractivity contribution in [1.29, 1.82) is 5.26 Å². The molecule has 8 heteroatoms. The second-order valence-electron chi connectivity index (χ2n) is 9.16. The highest BCUT2D eigenvalue weighted by Gasteiger charge is 2.30. The van der Waals surface area contributed by atoms with Gasteiger partial charge in [-0.1, -0.05) is 54.6 Å². The summed E-state index contributed by atoms with van der Waals surface area (Å²) < 4.78 is 5.55. The molecule has 1 aliphatic heterocycles. The van der Waals surface area contributed by atoms with E-state index in [1.54, 1.807) is 7.11 Å². The molecule has 4 aromatic rings. The van der Waals surface area contributed by atoms with E-state index in [2.05, 4.69) is 27.3 Å². The van der Waals surface area contributed by atoms with Crippen LogP contribution in [0.3, 0.4) is 0 Å². The van der Waals surface area contributed by atoms with Gasteiger partial charge in [-0.25, -0.2) is 9.97 Å². The van der Waals surface area contributed by atoms with Gasteiger partial charge in [0.05, 0.1) is 29.9 Å². The molecule has 1 fully saturated rings. The van der Waals surface area contributed by atoms with Crippen molar-refractivity contribution in [3.05, 3.63) is 90.1 Å². The summed E-state index contributed by atoms with van der Waals surface area (Å²) in [7, 11) is 1.68. The number of carbonyl (C=O) groups is 1. The Morgan fingerprint density at radius 2 is 1.55 bits per heavy atom. The molecular weight excluding hydrogens is 476 g/mol. The highest BCUT2D eigenvalue weighted by molar-refractivity contribution is 5.89. The standard InChI is InChI=1S/C30H30N6O2/c1-38-27-14-8-7-13-26(27)35-17-19-36(20-18-35)29-28(33-24-11-5-6-12-25(24)34-29)23(21-31)30(37)32-16-15-22-9-3-2-4-10-22/h2-14,23H,15-20H2,1H3,(H,32,37)/t23-/m0/s1. The molecule has 2 heterocycles. The van der Waals surface area contributed by atoms with Crippen molar-refractivity contribution in [2.75, 3.05) is 49.6 Å². The van der Waals surface area contributed by atoms with Gasteiger partial charge in [-0.15, -0.1) is 0 Å². The number of aromatic nitrogens is 2. The number of ether oxygens (including phenoxy) is 1. The fourth-order valence-electron chi connectivity index (χ4n) is 4.80. The Balaban J connectivity index is 1.38. The molecule has 1 aliphatic rings. The molecular formula is C30H30N6O2. The molecule has 5 rings (SSSR count). The smallest absolute Gasteiger partial charge is 0.243 e. The van der Waals surface area contributed by atoms with Crippen molar-refractivity contribution in [1.82, 2.24) is 15.3 Å². The maximum absolute atomic E-state index is 13.2. The minimum Gasteiger partial charge on any atom is -0.495 e. The van der Waals surface area contributed by atoms with Gasteiger partial charge in [0.1, 0.15) is 11.4 Å². The van der Waals surface area contributed by atoms with Crippen LogP contribution in [0, 0.1) is 11.3 Å². The van der Waals surface area contributed by atoms with Crippen LogP contribution in [0.1, 0.15) is 17.2 Å². The molecule has 1 saturated heterocycles. The van der Waals surface area contributed by atoms with Crippen molar-refractivity contribution in [2.24, 2.45) is 0 Å². The predicted molar refractivity (Wildman–Crippen MR) is 148 cm³/mol. The van der Waals surface area contributed by atoms with Gasteiger partial charge >= 0.3 is 0 Å². The third-order valence-electron chi connectivity index (χ3n) is 6.80. The largest absolute Gasteiger partial charge is 0.495 e. The number of anilines is 2. The van der Waals surface area contributed by atoms with Gasteiger partial charge in [0.2, 0.25) is 5.91 Å². The number of para-hydroxylation sites is 4. The molecule has 0 saturated carbocycles. The van der Waals surface area contributed by atoms with Gasteiger partial charge in [-0.3, -0.25) is 4.79 Å². The van der Waals surface area contributed by atoms with Crippen molar-refractivity contribution < 1.29 is 9.53 Å². The minimum absolute atomic E-state index is 0.359. The first-order valence-corrected chi connectivity index (χ1v) is 12.8. The molecule has 1 aromatic heterocycles. The summed E-state index contributed by atoms with van der Waals surface area (Å²) in [5, 5.41) is 13.0. The lowest BCUT2D eigenvalue weighted by atomic mass is 10.0. The van der Waals surface area contributed by atoms with Gasteiger partial charge in [-0.2, -0.15) is 5.26 Å². The average Bonchev–Trinajstić information content (AvgIpc) is 2.98. The lowest BCUT2D eigenvalue weighted by Gasteiger charge is -2.38. The SMILES string of the molecule is COc1ccccc1N1CCN(c2nc3ccccc3nc2[C@H](C#N)C(=O)NCCc2ccccc2)CC1. The highest BCUT2D eigenvalue weighted by Crippen LogP contribution is 2.31. The maximum Gasteiger partial charge on any atom is 0.243 e. The van der Waals surface area contributed by atoms with Crippen LogP contribution in [0.25, 0.3) is 11.0 Å². The summed E-state index contributed by atoms with van der Waals surface area (Å²) in [4.78, 5) is 27.3. The first kappa shape index (κ1) is 25.0. The summed E-state index contributed by atoms with van der Waals surface area (Å²) in [6, 6.07) is 27.7. The number of rotatable bonds is 8. The van der Waals surface area contributed by atoms with Crippen LogP contribution in [0.4, 0.5) is 11.5 Å². The number of carbonyl (C=O) groups excluding carboxylic acids is 1. The van der Waals surface area contributed by atoms with Crippen LogP contribution < -0.4 is 19.9 Å². The molecule has 38 heavy (non-hydrogen) atoms. The van der Waals surface area contributed by atoms with Crippen molar-refractivity contribution >= 4 is 28.4 Å². The Morgan fingerprint density at radius 3 is 2.26 bits per heavy atom. The van der Waals surface area contributed by atoms with Crippen LogP contribution in [-0.2, 0) is 11.2 Å². The number of fused-ring (bicyclic) bond motifs is 1. The fourth-order valence-corrected chi connectivity index (χ4v) is 4.80. The van der Waals surface area contributed by atoms with Crippen LogP contribution in [-0.4, -0.2) is 55.7 Å². The first-order chi connectivity index (χ1) is 18.7. The Labute approximate surface area is 222 Å². The van der Waals surface area contributed by atoms with E-state index in [-0.39, 0.29) is 5.91 Å². The number of benzene rings is 3. The van der Waals surface area contributed by atoms with E-state index in [1.165, 1.54) is 0 Å². The molecule has 0 spiro atoms. The zero-order chi connectivity index (χ0) is 26.3. The third-order valence-corrected chi connectivity index (χ3v) is 6.80. The van der Waals surface area contributed by atoms with Gasteiger partial charge in [0.15, 0.2) is 11.7 Å². The van der Waals surface area contributed by atoms with Crippen molar-refractivity contribution in [3.8, 4) is 11.8 Å². The quantitative estimate of drug-likeness (QED) is 0.387. The van der Waals surface area contributed by atoms with Crippen molar-refractivity contribution in [3.63, 3.8) is 0 Å². The summed E-state index contributed by atoms with van der Waals surface area (Å²) in [6.07, 6.45) is 0.686. The fraction of sp³-hybridized carbons (Fsp3) is 0.267. The maximum atomic E-state index is 13.2. The van der Waals surface area contributed by atoms with E-state index in [9.17, 15) is 10.1 Å². The van der Waals surface area contributed by atoms with E-state index in [1.807, 2.05) is 72.8 Å². The lowest BCUT2D eigenvalue weighted by Crippen LogP contribution is -2.47. The van der Waals surface area contributed by atoms with Gasteiger partial charge < -0.3 is 19.9 Å². The third kappa shape index (κ3) is 5.37. The molecule has 1 amide bonds. The van der Waals surface area contributed by atoms with Crippen molar-refractivity contribution in [2.45, 2.75) is 12.3 Å². The molecule has 3 aromatic carbocycles. The Kier molecular flexibility index (Phi) is 7.65. The zero-order valence-electron chi connectivity index (χ0n) is 21.4. The number of nitrogens with one attached hydrogen (secondary N) is 1. The summed E-state index contributed by atoms with van der Waals surface area (Å²) in [5.41, 5.74) is 3.97. The van der Waals surface area contributed by atoms with E-state index in [0.717, 1.165) is 35.6 Å². The predicted octanol–water partition coefficient (Wildman–Crippen LogP) is 3.93. The summed E-state index contributed by atoms with van der Waals surface area (Å²) >= 11 is 0. The number of piperazine rings is 1. The normalized spacial score (nSPS) is 14.1. The number of nitrogens with zero attached hydrogens (tertiary/aromatic N) is 5. The summed E-state index contributed by atoms with van der Waals surface area (Å²) in [6.45, 7) is 3.27. The van der Waals surface area contributed by atoms with Gasteiger partial charge in [0.25, 0.3) is 0 Å². The minimum atomic E-state index is -1.06. The number of hydrogen-bond donors (Lipinski definition) is 1. The molecule has 8 nitrogen and oxygen atoms in total. The lowest BCUT2D eigenvalue weighted by molar-refractivity contribution is -0.121. The molecule has 0 bridgehead atoms.